The van der Waals surface area contributed by atoms with Gasteiger partial charge < -0.3 is 9.30 Å². The van der Waals surface area contributed by atoms with Gasteiger partial charge in [0.25, 0.3) is 5.56 Å². The van der Waals surface area contributed by atoms with E-state index < -0.39 is 6.36 Å². The molecule has 7 nitrogen and oxygen atoms in total. The third-order valence-electron chi connectivity index (χ3n) is 4.48. The lowest BCUT2D eigenvalue weighted by Crippen LogP contribution is -2.21. The topological polar surface area (TPSA) is 66.9 Å². The summed E-state index contributed by atoms with van der Waals surface area (Å²) in [5.41, 5.74) is 2.49. The second kappa shape index (κ2) is 6.80. The number of fused-ring (bicyclic) bond motifs is 1. The van der Waals surface area contributed by atoms with Crippen molar-refractivity contribution in [1.82, 2.24) is 23.9 Å². The minimum absolute atomic E-state index is 0.323. The monoisotopic (exact) mass is 403 g/mol. The summed E-state index contributed by atoms with van der Waals surface area (Å²) in [5, 5.41) is 4.17. The van der Waals surface area contributed by atoms with Gasteiger partial charge >= 0.3 is 6.36 Å². The van der Waals surface area contributed by atoms with Gasteiger partial charge in [-0.1, -0.05) is 0 Å². The van der Waals surface area contributed by atoms with Gasteiger partial charge in [0.1, 0.15) is 16.8 Å². The molecular formula is C19H16F3N5O2. The fraction of sp³-hybridized carbons (Fsp3) is 0.211. The number of ether oxygens (including phenoxy) is 1. The van der Waals surface area contributed by atoms with Crippen molar-refractivity contribution >= 4 is 11.0 Å². The van der Waals surface area contributed by atoms with E-state index in [0.717, 1.165) is 5.56 Å². The van der Waals surface area contributed by atoms with E-state index in [1.54, 1.807) is 41.2 Å². The zero-order valence-electron chi connectivity index (χ0n) is 15.5. The number of alkyl halides is 3. The summed E-state index contributed by atoms with van der Waals surface area (Å²) in [6, 6.07) is 5.13. The number of aryl methyl sites for hydroxylation is 2. The fourth-order valence-corrected chi connectivity index (χ4v) is 3.18. The van der Waals surface area contributed by atoms with E-state index in [-0.39, 0.29) is 11.3 Å². The van der Waals surface area contributed by atoms with Crippen LogP contribution < -0.4 is 10.3 Å². The first kappa shape index (κ1) is 18.8. The molecule has 0 amide bonds. The fourth-order valence-electron chi connectivity index (χ4n) is 3.18. The number of hydrogen-bond donors (Lipinski definition) is 0. The summed E-state index contributed by atoms with van der Waals surface area (Å²) in [7, 11) is 1.78. The lowest BCUT2D eigenvalue weighted by molar-refractivity contribution is -0.274. The van der Waals surface area contributed by atoms with Crippen LogP contribution in [0.4, 0.5) is 13.2 Å². The number of halogens is 3. The molecule has 0 fully saturated rings. The van der Waals surface area contributed by atoms with Crippen LogP contribution in [0.25, 0.3) is 27.8 Å². The average Bonchev–Trinajstić information content (AvgIpc) is 3.28. The standard InChI is InChI=1S/C19H16F3N5O2/c1-3-26-11-23-16-15(12-8-24-25(2)9-12)10-27(18(28)17(16)26)13-4-6-14(7-5-13)29-19(20,21)22/h4-11H,3H2,1-2H3. The molecule has 0 radical (unpaired) electrons. The molecule has 0 saturated heterocycles. The number of benzene rings is 1. The quantitative estimate of drug-likeness (QED) is 0.523. The second-order valence-electron chi connectivity index (χ2n) is 6.39. The van der Waals surface area contributed by atoms with Crippen LogP contribution in [0.3, 0.4) is 0 Å². The van der Waals surface area contributed by atoms with E-state index in [1.165, 1.54) is 28.8 Å². The summed E-state index contributed by atoms with van der Waals surface area (Å²) in [6.07, 6.45) is 1.90. The maximum atomic E-state index is 13.1. The predicted molar refractivity (Wildman–Crippen MR) is 99.9 cm³/mol. The largest absolute Gasteiger partial charge is 0.573 e. The van der Waals surface area contributed by atoms with E-state index >= 15 is 0 Å². The third kappa shape index (κ3) is 3.48. The molecule has 4 rings (SSSR count). The zero-order chi connectivity index (χ0) is 20.8. The Bertz CT molecular complexity index is 1240. The van der Waals surface area contributed by atoms with Crippen LogP contribution in [0.2, 0.25) is 0 Å². The Hall–Kier alpha value is -3.56. The second-order valence-corrected chi connectivity index (χ2v) is 6.39. The highest BCUT2D eigenvalue weighted by molar-refractivity contribution is 5.91. The molecule has 29 heavy (non-hydrogen) atoms. The molecular weight excluding hydrogens is 387 g/mol. The van der Waals surface area contributed by atoms with Crippen molar-refractivity contribution in [3.63, 3.8) is 0 Å². The van der Waals surface area contributed by atoms with Crippen LogP contribution in [0.15, 0.2) is 54.0 Å². The van der Waals surface area contributed by atoms with Gasteiger partial charge in [-0.25, -0.2) is 4.98 Å². The first-order valence-electron chi connectivity index (χ1n) is 8.72. The Morgan fingerprint density at radius 2 is 1.86 bits per heavy atom. The van der Waals surface area contributed by atoms with Crippen LogP contribution >= 0.6 is 0 Å². The molecule has 0 atom stereocenters. The van der Waals surface area contributed by atoms with Crippen LogP contribution in [0.1, 0.15) is 6.92 Å². The molecule has 0 aliphatic heterocycles. The SMILES string of the molecule is CCn1cnc2c(-c3cnn(C)c3)cn(-c3ccc(OC(F)(F)F)cc3)c(=O)c21. The molecule has 150 valence electrons. The molecule has 4 aromatic rings. The van der Waals surface area contributed by atoms with Gasteiger partial charge in [-0.15, -0.1) is 13.2 Å². The van der Waals surface area contributed by atoms with E-state index in [9.17, 15) is 18.0 Å². The van der Waals surface area contributed by atoms with Gasteiger partial charge in [0.2, 0.25) is 0 Å². The molecule has 0 aliphatic rings. The van der Waals surface area contributed by atoms with Crippen molar-refractivity contribution in [3.05, 3.63) is 59.5 Å². The molecule has 3 heterocycles. The molecule has 0 N–H and O–H groups in total. The lowest BCUT2D eigenvalue weighted by Gasteiger charge is -2.12. The Labute approximate surface area is 162 Å². The number of pyridine rings is 1. The van der Waals surface area contributed by atoms with Crippen LogP contribution in [-0.4, -0.2) is 30.3 Å². The number of rotatable bonds is 4. The van der Waals surface area contributed by atoms with E-state index in [1.807, 2.05) is 6.92 Å². The van der Waals surface area contributed by atoms with Crippen molar-refractivity contribution in [2.75, 3.05) is 0 Å². The summed E-state index contributed by atoms with van der Waals surface area (Å²) < 4.78 is 45.8. The molecule has 0 bridgehead atoms. The first-order valence-corrected chi connectivity index (χ1v) is 8.72. The van der Waals surface area contributed by atoms with Gasteiger partial charge in [0, 0.05) is 42.8 Å². The normalized spacial score (nSPS) is 11.9. The van der Waals surface area contributed by atoms with E-state index in [0.29, 0.717) is 28.8 Å². The van der Waals surface area contributed by atoms with Crippen molar-refractivity contribution in [2.24, 2.45) is 7.05 Å². The Morgan fingerprint density at radius 1 is 1.14 bits per heavy atom. The minimum Gasteiger partial charge on any atom is -0.406 e. The van der Waals surface area contributed by atoms with Crippen molar-refractivity contribution in [1.29, 1.82) is 0 Å². The minimum atomic E-state index is -4.78. The van der Waals surface area contributed by atoms with Gasteiger partial charge in [0.05, 0.1) is 12.5 Å². The van der Waals surface area contributed by atoms with Crippen LogP contribution in [0, 0.1) is 0 Å². The Morgan fingerprint density at radius 3 is 2.45 bits per heavy atom. The summed E-state index contributed by atoms with van der Waals surface area (Å²) >= 11 is 0. The van der Waals surface area contributed by atoms with Gasteiger partial charge in [-0.05, 0) is 31.2 Å². The number of hydrogen-bond acceptors (Lipinski definition) is 4. The molecule has 10 heteroatoms. The molecule has 0 unspecified atom stereocenters. The zero-order valence-corrected chi connectivity index (χ0v) is 15.5. The molecule has 0 saturated carbocycles. The molecule has 3 aromatic heterocycles. The third-order valence-corrected chi connectivity index (χ3v) is 4.48. The van der Waals surface area contributed by atoms with Crippen molar-refractivity contribution in [3.8, 4) is 22.6 Å². The first-order chi connectivity index (χ1) is 13.8. The average molecular weight is 403 g/mol. The van der Waals surface area contributed by atoms with E-state index in [2.05, 4.69) is 14.8 Å². The smallest absolute Gasteiger partial charge is 0.406 e. The van der Waals surface area contributed by atoms with Gasteiger partial charge in [-0.2, -0.15) is 5.10 Å². The lowest BCUT2D eigenvalue weighted by atomic mass is 10.1. The van der Waals surface area contributed by atoms with Crippen molar-refractivity contribution in [2.45, 2.75) is 19.8 Å². The number of imidazole rings is 1. The molecule has 0 aliphatic carbocycles. The predicted octanol–water partition coefficient (Wildman–Crippen LogP) is 3.51. The summed E-state index contributed by atoms with van der Waals surface area (Å²) in [4.78, 5) is 17.5. The molecule has 1 aromatic carbocycles. The van der Waals surface area contributed by atoms with Gasteiger partial charge in [0.15, 0.2) is 0 Å². The van der Waals surface area contributed by atoms with Crippen molar-refractivity contribution < 1.29 is 17.9 Å². The van der Waals surface area contributed by atoms with Gasteiger partial charge in [-0.3, -0.25) is 14.0 Å². The van der Waals surface area contributed by atoms with Crippen LogP contribution in [0.5, 0.6) is 5.75 Å². The maximum Gasteiger partial charge on any atom is 0.573 e. The highest BCUT2D eigenvalue weighted by Gasteiger charge is 2.31. The van der Waals surface area contributed by atoms with E-state index in [4.69, 9.17) is 0 Å². The number of aromatic nitrogens is 5. The Balaban J connectivity index is 1.90. The van der Waals surface area contributed by atoms with Crippen LogP contribution in [-0.2, 0) is 13.6 Å². The highest BCUT2D eigenvalue weighted by atomic mass is 19.4. The number of nitrogens with zero attached hydrogens (tertiary/aromatic N) is 5. The highest BCUT2D eigenvalue weighted by Crippen LogP contribution is 2.28. The Kier molecular flexibility index (Phi) is 4.40. The summed E-state index contributed by atoms with van der Waals surface area (Å²) in [5.74, 6) is -0.360. The maximum absolute atomic E-state index is 13.1. The summed E-state index contributed by atoms with van der Waals surface area (Å²) in [6.45, 7) is 2.44. The molecule has 0 spiro atoms.